The summed E-state index contributed by atoms with van der Waals surface area (Å²) in [5.41, 5.74) is 0. The van der Waals surface area contributed by atoms with Gasteiger partial charge in [-0.1, -0.05) is 12.8 Å². The standard InChI is InChI=1S/C19H28N2O3S/c22-19(20-8-5-11-21-9-3-1-2-4-10-21)15-25-16-6-7-17-18(14-16)24-13-12-23-17/h6-7,14H,1-5,8-13,15H2,(H,20,22). The summed E-state index contributed by atoms with van der Waals surface area (Å²) >= 11 is 1.53. The maximum absolute atomic E-state index is 12.0. The zero-order valence-electron chi connectivity index (χ0n) is 14.8. The Morgan fingerprint density at radius 1 is 1.08 bits per heavy atom. The van der Waals surface area contributed by atoms with Gasteiger partial charge in [0.15, 0.2) is 11.5 Å². The van der Waals surface area contributed by atoms with Crippen molar-refractivity contribution in [2.75, 3.05) is 45.1 Å². The predicted octanol–water partition coefficient (Wildman–Crippen LogP) is 2.93. The lowest BCUT2D eigenvalue weighted by Crippen LogP contribution is -2.31. The van der Waals surface area contributed by atoms with Crippen LogP contribution in [0.3, 0.4) is 0 Å². The molecule has 5 nitrogen and oxygen atoms in total. The molecule has 1 N–H and O–H groups in total. The summed E-state index contributed by atoms with van der Waals surface area (Å²) in [5, 5.41) is 3.03. The number of rotatable bonds is 7. The van der Waals surface area contributed by atoms with E-state index in [0.29, 0.717) is 19.0 Å². The molecule has 2 heterocycles. The molecule has 0 spiro atoms. The molecule has 25 heavy (non-hydrogen) atoms. The van der Waals surface area contributed by atoms with E-state index in [1.165, 1.54) is 50.5 Å². The zero-order valence-corrected chi connectivity index (χ0v) is 15.6. The lowest BCUT2D eigenvalue weighted by Gasteiger charge is -2.19. The third-order valence-electron chi connectivity index (χ3n) is 4.56. The summed E-state index contributed by atoms with van der Waals surface area (Å²) in [6.07, 6.45) is 6.39. The van der Waals surface area contributed by atoms with E-state index in [4.69, 9.17) is 9.47 Å². The highest BCUT2D eigenvalue weighted by Gasteiger charge is 2.13. The summed E-state index contributed by atoms with van der Waals surface area (Å²) in [5.74, 6) is 2.09. The molecule has 2 aliphatic rings. The number of nitrogens with zero attached hydrogens (tertiary/aromatic N) is 1. The normalized spacial score (nSPS) is 17.8. The predicted molar refractivity (Wildman–Crippen MR) is 101 cm³/mol. The molecule has 1 aromatic rings. The Balaban J connectivity index is 1.31. The van der Waals surface area contributed by atoms with Crippen LogP contribution in [0.5, 0.6) is 11.5 Å². The van der Waals surface area contributed by atoms with Gasteiger partial charge in [-0.25, -0.2) is 0 Å². The number of carbonyl (C=O) groups excluding carboxylic acids is 1. The average molecular weight is 365 g/mol. The Hall–Kier alpha value is -1.40. The quantitative estimate of drug-likeness (QED) is 0.595. The topological polar surface area (TPSA) is 50.8 Å². The number of hydrogen-bond acceptors (Lipinski definition) is 5. The van der Waals surface area contributed by atoms with Crippen LogP contribution in [-0.2, 0) is 4.79 Å². The van der Waals surface area contributed by atoms with Gasteiger partial charge in [-0.3, -0.25) is 4.79 Å². The van der Waals surface area contributed by atoms with Gasteiger partial charge in [0, 0.05) is 11.4 Å². The Labute approximate surface area is 154 Å². The molecule has 0 unspecified atom stereocenters. The van der Waals surface area contributed by atoms with Gasteiger partial charge in [-0.05, 0) is 57.1 Å². The van der Waals surface area contributed by atoms with E-state index in [9.17, 15) is 4.79 Å². The number of carbonyl (C=O) groups is 1. The van der Waals surface area contributed by atoms with Crippen LogP contribution in [-0.4, -0.2) is 56.0 Å². The third-order valence-corrected chi connectivity index (χ3v) is 5.55. The number of likely N-dealkylation sites (tertiary alicyclic amines) is 1. The number of ether oxygens (including phenoxy) is 2. The van der Waals surface area contributed by atoms with Crippen LogP contribution >= 0.6 is 11.8 Å². The second kappa shape index (κ2) is 9.92. The highest BCUT2D eigenvalue weighted by atomic mass is 32.2. The van der Waals surface area contributed by atoms with E-state index in [1.807, 2.05) is 18.2 Å². The molecule has 0 saturated carbocycles. The van der Waals surface area contributed by atoms with E-state index in [1.54, 1.807) is 0 Å². The average Bonchev–Trinajstić information content (AvgIpc) is 2.92. The summed E-state index contributed by atoms with van der Waals surface area (Å²) in [6, 6.07) is 5.84. The molecule has 1 fully saturated rings. The van der Waals surface area contributed by atoms with Gasteiger partial charge in [0.1, 0.15) is 13.2 Å². The zero-order chi connectivity index (χ0) is 17.3. The minimum Gasteiger partial charge on any atom is -0.486 e. The van der Waals surface area contributed by atoms with Crippen LogP contribution in [0.25, 0.3) is 0 Å². The lowest BCUT2D eigenvalue weighted by molar-refractivity contribution is -0.118. The van der Waals surface area contributed by atoms with Crippen molar-refractivity contribution in [3.05, 3.63) is 18.2 Å². The maximum Gasteiger partial charge on any atom is 0.230 e. The summed E-state index contributed by atoms with van der Waals surface area (Å²) in [4.78, 5) is 15.6. The third kappa shape index (κ3) is 6.12. The second-order valence-electron chi connectivity index (χ2n) is 6.55. The van der Waals surface area contributed by atoms with Crippen molar-refractivity contribution in [3.63, 3.8) is 0 Å². The smallest absolute Gasteiger partial charge is 0.230 e. The summed E-state index contributed by atoms with van der Waals surface area (Å²) in [6.45, 7) is 5.46. The number of fused-ring (bicyclic) bond motifs is 1. The number of benzene rings is 1. The molecular formula is C19H28N2O3S. The minimum absolute atomic E-state index is 0.0933. The minimum atomic E-state index is 0.0933. The molecule has 0 aromatic heterocycles. The molecule has 0 radical (unpaired) electrons. The van der Waals surface area contributed by atoms with Crippen LogP contribution in [0.4, 0.5) is 0 Å². The fraction of sp³-hybridized carbons (Fsp3) is 0.632. The molecule has 1 aromatic carbocycles. The molecule has 6 heteroatoms. The van der Waals surface area contributed by atoms with Gasteiger partial charge in [0.2, 0.25) is 5.91 Å². The first-order valence-corrected chi connectivity index (χ1v) is 10.3. The van der Waals surface area contributed by atoms with Gasteiger partial charge in [-0.2, -0.15) is 0 Å². The van der Waals surface area contributed by atoms with Gasteiger partial charge in [0.05, 0.1) is 5.75 Å². The fourth-order valence-electron chi connectivity index (χ4n) is 3.20. The van der Waals surface area contributed by atoms with Crippen molar-refractivity contribution >= 4 is 17.7 Å². The van der Waals surface area contributed by atoms with Crippen molar-refractivity contribution < 1.29 is 14.3 Å². The van der Waals surface area contributed by atoms with Crippen LogP contribution in [0.2, 0.25) is 0 Å². The Morgan fingerprint density at radius 2 is 1.84 bits per heavy atom. The van der Waals surface area contributed by atoms with Crippen molar-refractivity contribution in [1.29, 1.82) is 0 Å². The number of thioether (sulfide) groups is 1. The maximum atomic E-state index is 12.0. The molecule has 1 amide bonds. The molecule has 1 saturated heterocycles. The van der Waals surface area contributed by atoms with Crippen LogP contribution < -0.4 is 14.8 Å². The molecule has 138 valence electrons. The van der Waals surface area contributed by atoms with Crippen molar-refractivity contribution in [3.8, 4) is 11.5 Å². The SMILES string of the molecule is O=C(CSc1ccc2c(c1)OCCO2)NCCCN1CCCCCC1. The Bertz CT molecular complexity index is 560. The number of nitrogens with one attached hydrogen (secondary N) is 1. The van der Waals surface area contributed by atoms with Gasteiger partial charge in [-0.15, -0.1) is 11.8 Å². The van der Waals surface area contributed by atoms with Crippen molar-refractivity contribution in [1.82, 2.24) is 10.2 Å². The van der Waals surface area contributed by atoms with Crippen molar-refractivity contribution in [2.24, 2.45) is 0 Å². The summed E-state index contributed by atoms with van der Waals surface area (Å²) in [7, 11) is 0. The number of amides is 1. The van der Waals surface area contributed by atoms with Crippen LogP contribution in [0.15, 0.2) is 23.1 Å². The van der Waals surface area contributed by atoms with Crippen molar-refractivity contribution in [2.45, 2.75) is 37.0 Å². The summed E-state index contributed by atoms with van der Waals surface area (Å²) < 4.78 is 11.1. The monoisotopic (exact) mass is 364 g/mol. The molecule has 0 atom stereocenters. The van der Waals surface area contributed by atoms with E-state index in [2.05, 4.69) is 10.2 Å². The molecule has 3 rings (SSSR count). The Morgan fingerprint density at radius 3 is 2.64 bits per heavy atom. The molecule has 2 aliphatic heterocycles. The van der Waals surface area contributed by atoms with Gasteiger partial charge >= 0.3 is 0 Å². The van der Waals surface area contributed by atoms with E-state index < -0.39 is 0 Å². The van der Waals surface area contributed by atoms with E-state index in [-0.39, 0.29) is 5.91 Å². The van der Waals surface area contributed by atoms with E-state index >= 15 is 0 Å². The lowest BCUT2D eigenvalue weighted by atomic mass is 10.2. The molecular weight excluding hydrogens is 336 g/mol. The fourth-order valence-corrected chi connectivity index (χ4v) is 3.96. The Kier molecular flexibility index (Phi) is 7.30. The van der Waals surface area contributed by atoms with E-state index in [0.717, 1.165) is 35.9 Å². The molecule has 0 aliphatic carbocycles. The van der Waals surface area contributed by atoms with Crippen LogP contribution in [0, 0.1) is 0 Å². The van der Waals surface area contributed by atoms with Gasteiger partial charge in [0.25, 0.3) is 0 Å². The second-order valence-corrected chi connectivity index (χ2v) is 7.60. The first-order valence-electron chi connectivity index (χ1n) is 9.33. The van der Waals surface area contributed by atoms with Gasteiger partial charge < -0.3 is 19.7 Å². The first-order chi connectivity index (χ1) is 12.3. The highest BCUT2D eigenvalue weighted by molar-refractivity contribution is 8.00. The van der Waals surface area contributed by atoms with Crippen LogP contribution in [0.1, 0.15) is 32.1 Å². The number of hydrogen-bond donors (Lipinski definition) is 1. The molecule has 0 bridgehead atoms. The largest absolute Gasteiger partial charge is 0.486 e. The first kappa shape index (κ1) is 18.4. The highest BCUT2D eigenvalue weighted by Crippen LogP contribution is 2.34.